The zero-order chi connectivity index (χ0) is 41.4. The quantitative estimate of drug-likeness (QED) is 0.141. The van der Waals surface area contributed by atoms with Crippen molar-refractivity contribution in [1.82, 2.24) is 0 Å². The molecule has 0 aliphatic heterocycles. The lowest BCUT2D eigenvalue weighted by Crippen LogP contribution is -2.12. The third-order valence-electron chi connectivity index (χ3n) is 10.7. The second-order valence-electron chi connectivity index (χ2n) is 14.4. The minimum absolute atomic E-state index is 0.388. The van der Waals surface area contributed by atoms with Crippen molar-refractivity contribution in [3.8, 4) is 22.3 Å². The first-order valence-electron chi connectivity index (χ1n) is 19.2. The van der Waals surface area contributed by atoms with Crippen LogP contribution in [-0.4, -0.2) is 0 Å². The first-order chi connectivity index (χ1) is 29.0. The summed E-state index contributed by atoms with van der Waals surface area (Å²) in [4.78, 5) is 3.70. The molecule has 0 amide bonds. The smallest absolute Gasteiger partial charge is 0.310 e. The van der Waals surface area contributed by atoms with Crippen LogP contribution < -0.4 is 9.80 Å². The highest BCUT2D eigenvalue weighted by molar-refractivity contribution is 6.00. The predicted molar refractivity (Wildman–Crippen MR) is 232 cm³/mol. The van der Waals surface area contributed by atoms with E-state index in [2.05, 4.69) is 0 Å². The average Bonchev–Trinajstić information content (AvgIpc) is 3.27. The van der Waals surface area contributed by atoms with Gasteiger partial charge >= 0.3 is 12.4 Å². The molecule has 0 radical (unpaired) electrons. The van der Waals surface area contributed by atoms with Crippen LogP contribution >= 0.6 is 0 Å². The summed E-state index contributed by atoms with van der Waals surface area (Å²) in [7, 11) is 0. The van der Waals surface area contributed by atoms with E-state index in [0.717, 1.165) is 67.3 Å². The molecular weight excluding hydrogens is 767 g/mol. The van der Waals surface area contributed by atoms with Crippen LogP contribution in [0.4, 0.5) is 60.5 Å². The van der Waals surface area contributed by atoms with Crippen LogP contribution in [0, 0.1) is 0 Å². The Kier molecular flexibility index (Phi) is 9.84. The molecule has 60 heavy (non-hydrogen) atoms. The van der Waals surface area contributed by atoms with E-state index < -0.39 is 23.5 Å². The lowest BCUT2D eigenvalue weighted by atomic mass is 9.99. The number of nitrogens with zero attached hydrogens (tertiary/aromatic N) is 2. The third-order valence-corrected chi connectivity index (χ3v) is 10.7. The Bertz CT molecular complexity index is 2740. The molecule has 0 heterocycles. The summed E-state index contributed by atoms with van der Waals surface area (Å²) < 4.78 is 83.3. The molecule has 9 aromatic carbocycles. The highest BCUT2D eigenvalue weighted by Gasteiger charge is 2.32. The number of benzene rings is 9. The SMILES string of the molecule is FC(F)(F)c1cccc(N(c2ccc(-c3ccc(-c4ccc(N(c5cccc(C(F)(F)F)c5)c5cccc6ccccc56)cc4)cc3)cc2)c2cccc3ccccc23)c1. The molecule has 0 unspecified atom stereocenters. The number of halogens is 6. The Morgan fingerprint density at radius 1 is 0.283 bits per heavy atom. The Labute approximate surface area is 342 Å². The number of hydrogen-bond acceptors (Lipinski definition) is 2. The molecule has 0 atom stereocenters. The number of rotatable bonds is 8. The van der Waals surface area contributed by atoms with Gasteiger partial charge in [-0.25, -0.2) is 0 Å². The van der Waals surface area contributed by atoms with E-state index in [1.807, 2.05) is 168 Å². The summed E-state index contributed by atoms with van der Waals surface area (Å²) in [5, 5.41) is 3.75. The van der Waals surface area contributed by atoms with E-state index in [-0.39, 0.29) is 0 Å². The number of fused-ring (bicyclic) bond motifs is 2. The Balaban J connectivity index is 1.02. The van der Waals surface area contributed by atoms with E-state index in [1.165, 1.54) is 24.3 Å². The summed E-state index contributed by atoms with van der Waals surface area (Å²) in [6.45, 7) is 0. The highest BCUT2D eigenvalue weighted by Crippen LogP contribution is 2.44. The van der Waals surface area contributed by atoms with Crippen LogP contribution in [0.5, 0.6) is 0 Å². The normalized spacial score (nSPS) is 11.8. The topological polar surface area (TPSA) is 6.48 Å². The molecule has 0 fully saturated rings. The molecule has 0 bridgehead atoms. The molecule has 0 aliphatic rings. The van der Waals surface area contributed by atoms with E-state index in [9.17, 15) is 26.3 Å². The second kappa shape index (κ2) is 15.5. The summed E-state index contributed by atoms with van der Waals surface area (Å²) in [6.07, 6.45) is -8.99. The molecule has 9 aromatic rings. The maximum atomic E-state index is 13.9. The van der Waals surface area contributed by atoms with Gasteiger partial charge in [0.05, 0.1) is 22.5 Å². The first-order valence-corrected chi connectivity index (χ1v) is 19.2. The van der Waals surface area contributed by atoms with Crippen molar-refractivity contribution in [2.45, 2.75) is 12.4 Å². The van der Waals surface area contributed by atoms with Gasteiger partial charge in [0.1, 0.15) is 0 Å². The fraction of sp³-hybridized carbons (Fsp3) is 0.0385. The Morgan fingerprint density at radius 2 is 0.600 bits per heavy atom. The number of hydrogen-bond donors (Lipinski definition) is 0. The minimum atomic E-state index is -4.50. The molecule has 0 N–H and O–H groups in total. The summed E-state index contributed by atoms with van der Waals surface area (Å²) in [5.74, 6) is 0. The maximum absolute atomic E-state index is 13.9. The van der Waals surface area contributed by atoms with Crippen molar-refractivity contribution in [2.75, 3.05) is 9.80 Å². The van der Waals surface area contributed by atoms with Crippen LogP contribution in [0.3, 0.4) is 0 Å². The number of anilines is 6. The van der Waals surface area contributed by atoms with Gasteiger partial charge in [0, 0.05) is 33.5 Å². The van der Waals surface area contributed by atoms with E-state index in [1.54, 1.807) is 12.1 Å². The van der Waals surface area contributed by atoms with Crippen LogP contribution in [0.1, 0.15) is 11.1 Å². The fourth-order valence-corrected chi connectivity index (χ4v) is 7.76. The zero-order valence-corrected chi connectivity index (χ0v) is 31.8. The predicted octanol–water partition coefficient (Wildman–Crippen LogP) is 16.3. The molecule has 0 spiro atoms. The molecular formula is C52H34F6N2. The van der Waals surface area contributed by atoms with Crippen molar-refractivity contribution in [3.05, 3.63) is 217 Å². The monoisotopic (exact) mass is 800 g/mol. The van der Waals surface area contributed by atoms with Gasteiger partial charge in [0.2, 0.25) is 0 Å². The molecule has 294 valence electrons. The van der Waals surface area contributed by atoms with Crippen LogP contribution in [0.25, 0.3) is 43.8 Å². The van der Waals surface area contributed by atoms with Crippen molar-refractivity contribution >= 4 is 55.7 Å². The van der Waals surface area contributed by atoms with Crippen molar-refractivity contribution < 1.29 is 26.3 Å². The molecule has 0 saturated carbocycles. The lowest BCUT2D eigenvalue weighted by Gasteiger charge is -2.27. The fourth-order valence-electron chi connectivity index (χ4n) is 7.76. The molecule has 9 rings (SSSR count). The third kappa shape index (κ3) is 7.55. The van der Waals surface area contributed by atoms with Gasteiger partial charge in [-0.15, -0.1) is 0 Å². The molecule has 2 nitrogen and oxygen atoms in total. The van der Waals surface area contributed by atoms with Gasteiger partial charge in [-0.2, -0.15) is 26.3 Å². The Morgan fingerprint density at radius 3 is 0.967 bits per heavy atom. The van der Waals surface area contributed by atoms with Crippen molar-refractivity contribution in [3.63, 3.8) is 0 Å². The van der Waals surface area contributed by atoms with E-state index in [4.69, 9.17) is 0 Å². The van der Waals surface area contributed by atoms with Gasteiger partial charge in [-0.1, -0.05) is 133 Å². The van der Waals surface area contributed by atoms with Gasteiger partial charge in [-0.05, 0) is 106 Å². The van der Waals surface area contributed by atoms with Crippen molar-refractivity contribution in [2.24, 2.45) is 0 Å². The molecule has 8 heteroatoms. The van der Waals surface area contributed by atoms with Gasteiger partial charge < -0.3 is 9.80 Å². The first kappa shape index (κ1) is 38.2. The Hall–Kier alpha value is -7.32. The van der Waals surface area contributed by atoms with E-state index in [0.29, 0.717) is 22.7 Å². The van der Waals surface area contributed by atoms with Gasteiger partial charge in [-0.3, -0.25) is 0 Å². The van der Waals surface area contributed by atoms with Crippen LogP contribution in [0.15, 0.2) is 206 Å². The van der Waals surface area contributed by atoms with Crippen LogP contribution in [-0.2, 0) is 12.4 Å². The van der Waals surface area contributed by atoms with Gasteiger partial charge in [0.15, 0.2) is 0 Å². The largest absolute Gasteiger partial charge is 0.416 e. The summed E-state index contributed by atoms with van der Waals surface area (Å²) >= 11 is 0. The highest BCUT2D eigenvalue weighted by atomic mass is 19.4. The minimum Gasteiger partial charge on any atom is -0.310 e. The molecule has 0 saturated heterocycles. The maximum Gasteiger partial charge on any atom is 0.416 e. The van der Waals surface area contributed by atoms with Crippen LogP contribution in [0.2, 0.25) is 0 Å². The second-order valence-corrected chi connectivity index (χ2v) is 14.4. The zero-order valence-electron chi connectivity index (χ0n) is 31.8. The van der Waals surface area contributed by atoms with Crippen molar-refractivity contribution in [1.29, 1.82) is 0 Å². The summed E-state index contributed by atoms with van der Waals surface area (Å²) in [6, 6.07) is 61.4. The number of alkyl halides is 6. The molecule has 0 aliphatic carbocycles. The van der Waals surface area contributed by atoms with E-state index >= 15 is 0 Å². The van der Waals surface area contributed by atoms with Gasteiger partial charge in [0.25, 0.3) is 0 Å². The molecule has 0 aromatic heterocycles. The average molecular weight is 801 g/mol. The lowest BCUT2D eigenvalue weighted by molar-refractivity contribution is -0.138. The summed E-state index contributed by atoms with van der Waals surface area (Å²) in [5.41, 5.74) is 5.99. The standard InChI is InChI=1S/C52H34F6N2/c53-51(54,55)41-13-7-15-45(33-41)59(49-19-5-11-39-9-1-3-17-47(39)49)43-29-25-37(26-30-43)35-21-23-36(24-22-35)38-27-31-44(32-28-38)60(46-16-8-14-42(34-46)52(56,57)58)50-20-6-12-40-10-2-4-18-48(40)50/h1-34H.